The first-order valence-corrected chi connectivity index (χ1v) is 10.9. The van der Waals surface area contributed by atoms with E-state index in [0.29, 0.717) is 5.92 Å². The molecule has 7 heteroatoms. The molecule has 4 rings (SSSR count). The summed E-state index contributed by atoms with van der Waals surface area (Å²) in [6, 6.07) is 19.0. The summed E-state index contributed by atoms with van der Waals surface area (Å²) >= 11 is 1.95. The van der Waals surface area contributed by atoms with E-state index in [2.05, 4.69) is 72.9 Å². The van der Waals surface area contributed by atoms with Crippen molar-refractivity contribution in [1.82, 2.24) is 25.4 Å². The molecule has 1 aromatic heterocycles. The molecule has 0 amide bonds. The van der Waals surface area contributed by atoms with Gasteiger partial charge in [-0.05, 0) is 36.1 Å². The van der Waals surface area contributed by atoms with Gasteiger partial charge in [0.1, 0.15) is 6.33 Å². The maximum atomic E-state index is 4.51. The first kappa shape index (κ1) is 19.5. The molecule has 2 heterocycles. The summed E-state index contributed by atoms with van der Waals surface area (Å²) in [6.45, 7) is 2.84. The van der Waals surface area contributed by atoms with E-state index in [-0.39, 0.29) is 0 Å². The molecule has 1 unspecified atom stereocenters. The third-order valence-electron chi connectivity index (χ3n) is 5.09. The highest BCUT2D eigenvalue weighted by molar-refractivity contribution is 7.99. The molecule has 3 aromatic rings. The number of nitrogens with zero attached hydrogens (tertiary/aromatic N) is 4. The molecular weight excluding hydrogens is 380 g/mol. The maximum Gasteiger partial charge on any atom is 0.193 e. The second-order valence-electron chi connectivity index (χ2n) is 7.16. The second kappa shape index (κ2) is 9.60. The highest BCUT2D eigenvalue weighted by Crippen LogP contribution is 2.26. The Bertz CT molecular complexity index is 925. The number of thioether (sulfide) groups is 1. The third-order valence-corrected chi connectivity index (χ3v) is 6.34. The van der Waals surface area contributed by atoms with E-state index in [9.17, 15) is 0 Å². The Morgan fingerprint density at radius 1 is 1.24 bits per heavy atom. The van der Waals surface area contributed by atoms with Crippen LogP contribution in [-0.4, -0.2) is 51.9 Å². The summed E-state index contributed by atoms with van der Waals surface area (Å²) in [6.07, 6.45) is 2.74. The normalized spacial score (nSPS) is 16.9. The van der Waals surface area contributed by atoms with Gasteiger partial charge in [-0.3, -0.25) is 10.1 Å². The molecule has 1 aliphatic rings. The van der Waals surface area contributed by atoms with Crippen LogP contribution in [0.4, 0.5) is 0 Å². The first-order valence-electron chi connectivity index (χ1n) is 9.90. The molecule has 0 saturated carbocycles. The van der Waals surface area contributed by atoms with Crippen LogP contribution in [0.25, 0.3) is 11.4 Å². The summed E-state index contributed by atoms with van der Waals surface area (Å²) in [5.41, 5.74) is 2.23. The number of likely N-dealkylation sites (tertiary alicyclic amines) is 1. The average Bonchev–Trinajstić information content (AvgIpc) is 3.46. The van der Waals surface area contributed by atoms with Gasteiger partial charge in [-0.1, -0.05) is 36.4 Å². The fourth-order valence-electron chi connectivity index (χ4n) is 3.58. The van der Waals surface area contributed by atoms with Crippen molar-refractivity contribution in [3.8, 4) is 11.4 Å². The summed E-state index contributed by atoms with van der Waals surface area (Å²) < 4.78 is 0. The minimum Gasteiger partial charge on any atom is -0.352 e. The fraction of sp³-hybridized carbons (Fsp3) is 0.318. The van der Waals surface area contributed by atoms with Crippen molar-refractivity contribution in [3.05, 3.63) is 66.5 Å². The number of aliphatic imine (C=N–C) groups is 1. The molecule has 0 radical (unpaired) electrons. The van der Waals surface area contributed by atoms with Gasteiger partial charge in [0.25, 0.3) is 0 Å². The molecule has 0 bridgehead atoms. The van der Waals surface area contributed by atoms with Gasteiger partial charge in [-0.2, -0.15) is 5.10 Å². The number of hydrogen-bond donors (Lipinski definition) is 2. The minimum absolute atomic E-state index is 0.688. The van der Waals surface area contributed by atoms with Crippen molar-refractivity contribution in [2.24, 2.45) is 10.9 Å². The largest absolute Gasteiger partial charge is 0.352 e. The lowest BCUT2D eigenvalue weighted by molar-refractivity contribution is 0.474. The maximum absolute atomic E-state index is 4.51. The minimum atomic E-state index is 0.688. The van der Waals surface area contributed by atoms with Gasteiger partial charge in [-0.15, -0.1) is 11.8 Å². The zero-order chi connectivity index (χ0) is 19.9. The molecule has 1 fully saturated rings. The van der Waals surface area contributed by atoms with Crippen LogP contribution in [0.3, 0.4) is 0 Å². The lowest BCUT2D eigenvalue weighted by Gasteiger charge is -2.22. The van der Waals surface area contributed by atoms with E-state index in [0.717, 1.165) is 42.7 Å². The number of guanidine groups is 1. The van der Waals surface area contributed by atoms with Crippen molar-refractivity contribution < 1.29 is 0 Å². The van der Waals surface area contributed by atoms with Gasteiger partial charge in [0, 0.05) is 42.9 Å². The van der Waals surface area contributed by atoms with Gasteiger partial charge in [0.15, 0.2) is 11.8 Å². The molecule has 2 N–H and O–H groups in total. The highest BCUT2D eigenvalue weighted by atomic mass is 32.2. The molecule has 1 aliphatic heterocycles. The molecule has 29 heavy (non-hydrogen) atoms. The number of H-pyrrole nitrogens is 1. The van der Waals surface area contributed by atoms with Crippen molar-refractivity contribution in [1.29, 1.82) is 0 Å². The number of benzene rings is 2. The number of rotatable bonds is 6. The Kier molecular flexibility index (Phi) is 6.46. The predicted molar refractivity (Wildman–Crippen MR) is 119 cm³/mol. The van der Waals surface area contributed by atoms with Crippen LogP contribution in [0.2, 0.25) is 0 Å². The Labute approximate surface area is 175 Å². The number of nitrogens with one attached hydrogen (secondary N) is 2. The Hall–Kier alpha value is -2.80. The molecule has 2 aromatic carbocycles. The molecule has 0 spiro atoms. The van der Waals surface area contributed by atoms with Crippen LogP contribution in [0, 0.1) is 5.92 Å². The van der Waals surface area contributed by atoms with E-state index in [1.807, 2.05) is 30.9 Å². The molecule has 1 saturated heterocycles. The third kappa shape index (κ3) is 5.17. The standard InChI is InChI=1S/C22H26N6S/c1-23-22(24-13-17-6-5-7-19(12-17)21-25-16-26-27-21)28-11-10-18(14-28)15-29-20-8-3-2-4-9-20/h2-9,12,16,18H,10-11,13-15H2,1H3,(H,23,24)(H,25,26,27). The molecule has 0 aliphatic carbocycles. The monoisotopic (exact) mass is 406 g/mol. The predicted octanol–water partition coefficient (Wildman–Crippen LogP) is 3.66. The summed E-state index contributed by atoms with van der Waals surface area (Å²) in [5.74, 6) is 3.60. The first-order chi connectivity index (χ1) is 14.3. The van der Waals surface area contributed by atoms with Crippen LogP contribution in [-0.2, 0) is 6.54 Å². The number of aromatic amines is 1. The van der Waals surface area contributed by atoms with Crippen LogP contribution < -0.4 is 5.32 Å². The van der Waals surface area contributed by atoms with E-state index in [1.165, 1.54) is 23.2 Å². The van der Waals surface area contributed by atoms with E-state index in [1.54, 1.807) is 0 Å². The summed E-state index contributed by atoms with van der Waals surface area (Å²) in [7, 11) is 1.86. The average molecular weight is 407 g/mol. The second-order valence-corrected chi connectivity index (χ2v) is 8.25. The molecule has 1 atom stereocenters. The van der Waals surface area contributed by atoms with Crippen LogP contribution in [0.5, 0.6) is 0 Å². The topological polar surface area (TPSA) is 69.2 Å². The SMILES string of the molecule is CN=C(NCc1cccc(-c2ncn[nH]2)c1)N1CCC(CSc2ccccc2)C1. The van der Waals surface area contributed by atoms with Crippen molar-refractivity contribution in [2.75, 3.05) is 25.9 Å². The molecule has 150 valence electrons. The van der Waals surface area contributed by atoms with Crippen LogP contribution >= 0.6 is 11.8 Å². The van der Waals surface area contributed by atoms with E-state index >= 15 is 0 Å². The van der Waals surface area contributed by atoms with Crippen LogP contribution in [0.1, 0.15) is 12.0 Å². The number of aromatic nitrogens is 3. The van der Waals surface area contributed by atoms with Crippen LogP contribution in [0.15, 0.2) is 70.8 Å². The van der Waals surface area contributed by atoms with Crippen molar-refractivity contribution in [2.45, 2.75) is 17.9 Å². The Morgan fingerprint density at radius 3 is 2.93 bits per heavy atom. The van der Waals surface area contributed by atoms with Gasteiger partial charge in [0.2, 0.25) is 0 Å². The number of hydrogen-bond acceptors (Lipinski definition) is 4. The Morgan fingerprint density at radius 2 is 2.14 bits per heavy atom. The zero-order valence-electron chi connectivity index (χ0n) is 16.6. The van der Waals surface area contributed by atoms with Crippen molar-refractivity contribution in [3.63, 3.8) is 0 Å². The van der Waals surface area contributed by atoms with Gasteiger partial charge < -0.3 is 10.2 Å². The quantitative estimate of drug-likeness (QED) is 0.371. The lowest BCUT2D eigenvalue weighted by Crippen LogP contribution is -2.39. The van der Waals surface area contributed by atoms with Gasteiger partial charge in [-0.25, -0.2) is 4.98 Å². The van der Waals surface area contributed by atoms with E-state index in [4.69, 9.17) is 0 Å². The fourth-order valence-corrected chi connectivity index (χ4v) is 4.63. The summed E-state index contributed by atoms with van der Waals surface area (Å²) in [4.78, 5) is 12.5. The molecular formula is C22H26N6S. The van der Waals surface area contributed by atoms with Gasteiger partial charge >= 0.3 is 0 Å². The van der Waals surface area contributed by atoms with E-state index < -0.39 is 0 Å². The van der Waals surface area contributed by atoms with Crippen molar-refractivity contribution >= 4 is 17.7 Å². The summed E-state index contributed by atoms with van der Waals surface area (Å²) in [5, 5.41) is 10.4. The lowest BCUT2D eigenvalue weighted by atomic mass is 10.1. The van der Waals surface area contributed by atoms with Gasteiger partial charge in [0.05, 0.1) is 0 Å². The Balaban J connectivity index is 1.29. The molecule has 6 nitrogen and oxygen atoms in total. The smallest absolute Gasteiger partial charge is 0.193 e. The highest BCUT2D eigenvalue weighted by Gasteiger charge is 2.24. The zero-order valence-corrected chi connectivity index (χ0v) is 17.4.